The number of nitrogens with one attached hydrogen (secondary N) is 2. The van der Waals surface area contributed by atoms with E-state index in [1.165, 1.54) is 109 Å². The molecule has 0 aromatic rings. The predicted molar refractivity (Wildman–Crippen MR) is 176 cm³/mol. The lowest BCUT2D eigenvalue weighted by Crippen LogP contribution is -2.47. The van der Waals surface area contributed by atoms with Crippen LogP contribution in [-0.4, -0.2) is 36.5 Å². The second-order valence-corrected chi connectivity index (χ2v) is 13.0. The molecular weight excluding hydrogens is 658 g/mol. The fourth-order valence-electron chi connectivity index (χ4n) is 6.57. The van der Waals surface area contributed by atoms with Gasteiger partial charge in [-0.3, -0.25) is 5.41 Å². The van der Waals surface area contributed by atoms with E-state index < -0.39 is 0 Å². The fourth-order valence-corrected chi connectivity index (χ4v) is 6.57. The Morgan fingerprint density at radius 1 is 0.800 bits per heavy atom. The lowest BCUT2D eigenvalue weighted by molar-refractivity contribution is 0.139. The van der Waals surface area contributed by atoms with Gasteiger partial charge in [-0.15, -0.1) is 48.0 Å². The third-order valence-corrected chi connectivity index (χ3v) is 8.45. The zero-order valence-electron chi connectivity index (χ0n) is 23.6. The van der Waals surface area contributed by atoms with E-state index in [9.17, 15) is 0 Å². The van der Waals surface area contributed by atoms with Crippen molar-refractivity contribution >= 4 is 53.9 Å². The molecular formula is C29H60I2N4. The summed E-state index contributed by atoms with van der Waals surface area (Å²) in [6.45, 7) is 13.0. The second-order valence-electron chi connectivity index (χ2n) is 13.0. The summed E-state index contributed by atoms with van der Waals surface area (Å²) in [5, 5.41) is 11.7. The molecule has 0 amide bonds. The molecule has 4 nitrogen and oxygen atoms in total. The third kappa shape index (κ3) is 15.6. The molecule has 0 heterocycles. The number of nitrogens with zero attached hydrogens (tertiary/aromatic N) is 1. The molecule has 0 aromatic heterocycles. The highest BCUT2D eigenvalue weighted by atomic mass is 127. The molecule has 35 heavy (non-hydrogen) atoms. The molecule has 2 aliphatic rings. The first-order chi connectivity index (χ1) is 15.7. The van der Waals surface area contributed by atoms with Crippen LogP contribution in [0.25, 0.3) is 0 Å². The van der Waals surface area contributed by atoms with Crippen LogP contribution in [0.15, 0.2) is 0 Å². The highest BCUT2D eigenvalue weighted by molar-refractivity contribution is 14.0. The Balaban J connectivity index is 0.00000578. The number of hydrogen-bond donors (Lipinski definition) is 3. The summed E-state index contributed by atoms with van der Waals surface area (Å²) in [5.41, 5.74) is 6.94. The van der Waals surface area contributed by atoms with Crippen molar-refractivity contribution in [3.8, 4) is 0 Å². The van der Waals surface area contributed by atoms with Crippen LogP contribution >= 0.6 is 48.0 Å². The van der Waals surface area contributed by atoms with E-state index in [1.54, 1.807) is 0 Å². The van der Waals surface area contributed by atoms with Crippen molar-refractivity contribution in [2.24, 2.45) is 22.5 Å². The maximum atomic E-state index is 8.03. The van der Waals surface area contributed by atoms with Crippen molar-refractivity contribution < 1.29 is 0 Å². The van der Waals surface area contributed by atoms with Gasteiger partial charge in [0.05, 0.1) is 0 Å². The molecule has 0 aromatic carbocycles. The molecule has 0 radical (unpaired) electrons. The van der Waals surface area contributed by atoms with Gasteiger partial charge in [0.1, 0.15) is 0 Å². The number of unbranched alkanes of at least 4 members (excludes halogenated alkanes) is 6. The van der Waals surface area contributed by atoms with E-state index in [2.05, 4.69) is 37.9 Å². The van der Waals surface area contributed by atoms with Gasteiger partial charge in [-0.2, -0.15) is 0 Å². The molecule has 0 saturated heterocycles. The van der Waals surface area contributed by atoms with Crippen LogP contribution in [0.3, 0.4) is 0 Å². The summed E-state index contributed by atoms with van der Waals surface area (Å²) < 4.78 is 0. The maximum Gasteiger partial charge on any atom is 0.188 e. The SMILES string of the molecule is CC1(C)CCCC(CCCCCCNCCCCCCN(C(=N)N)C2CCCC(C)(C)C2)C1.I.I. The Labute approximate surface area is 253 Å². The molecule has 210 valence electrons. The third-order valence-electron chi connectivity index (χ3n) is 8.45. The van der Waals surface area contributed by atoms with Gasteiger partial charge < -0.3 is 16.0 Å². The molecule has 2 unspecified atom stereocenters. The number of nitrogens with two attached hydrogens (primary N) is 1. The molecule has 0 aliphatic heterocycles. The van der Waals surface area contributed by atoms with Crippen LogP contribution in [0.5, 0.6) is 0 Å². The van der Waals surface area contributed by atoms with E-state index in [1.807, 2.05) is 0 Å². The second kappa shape index (κ2) is 18.9. The van der Waals surface area contributed by atoms with Crippen molar-refractivity contribution in [1.29, 1.82) is 5.41 Å². The topological polar surface area (TPSA) is 65.1 Å². The summed E-state index contributed by atoms with van der Waals surface area (Å²) in [6.07, 6.45) is 22.8. The Morgan fingerprint density at radius 2 is 1.34 bits per heavy atom. The summed E-state index contributed by atoms with van der Waals surface area (Å²) in [5.74, 6) is 1.28. The first-order valence-electron chi connectivity index (χ1n) is 14.5. The zero-order chi connectivity index (χ0) is 24.2. The zero-order valence-corrected chi connectivity index (χ0v) is 28.3. The van der Waals surface area contributed by atoms with Gasteiger partial charge in [-0.05, 0) is 81.2 Å². The van der Waals surface area contributed by atoms with Gasteiger partial charge in [0, 0.05) is 12.6 Å². The van der Waals surface area contributed by atoms with Crippen molar-refractivity contribution in [2.45, 2.75) is 143 Å². The van der Waals surface area contributed by atoms with Gasteiger partial charge >= 0.3 is 0 Å². The lowest BCUT2D eigenvalue weighted by Gasteiger charge is -2.41. The van der Waals surface area contributed by atoms with Crippen LogP contribution in [-0.2, 0) is 0 Å². The minimum atomic E-state index is 0. The Bertz CT molecular complexity index is 553. The smallest absolute Gasteiger partial charge is 0.188 e. The van der Waals surface area contributed by atoms with Crippen molar-refractivity contribution in [1.82, 2.24) is 10.2 Å². The van der Waals surface area contributed by atoms with Crippen molar-refractivity contribution in [3.63, 3.8) is 0 Å². The summed E-state index contributed by atoms with van der Waals surface area (Å²) in [6, 6.07) is 0.474. The van der Waals surface area contributed by atoms with E-state index in [0.29, 0.717) is 16.9 Å². The maximum absolute atomic E-state index is 8.03. The highest BCUT2D eigenvalue weighted by Gasteiger charge is 2.32. The van der Waals surface area contributed by atoms with E-state index >= 15 is 0 Å². The van der Waals surface area contributed by atoms with Crippen LogP contribution in [0.2, 0.25) is 0 Å². The minimum Gasteiger partial charge on any atom is -0.370 e. The molecule has 4 N–H and O–H groups in total. The van der Waals surface area contributed by atoms with Crippen LogP contribution in [0, 0.1) is 22.2 Å². The number of halogens is 2. The minimum absolute atomic E-state index is 0. The van der Waals surface area contributed by atoms with Gasteiger partial charge in [0.2, 0.25) is 0 Å². The Morgan fingerprint density at radius 3 is 1.91 bits per heavy atom. The average Bonchev–Trinajstić information content (AvgIpc) is 2.72. The van der Waals surface area contributed by atoms with Gasteiger partial charge in [0.25, 0.3) is 0 Å². The molecule has 2 saturated carbocycles. The molecule has 2 aliphatic carbocycles. The average molecular weight is 719 g/mol. The van der Waals surface area contributed by atoms with Crippen LogP contribution < -0.4 is 11.1 Å². The monoisotopic (exact) mass is 718 g/mol. The summed E-state index contributed by atoms with van der Waals surface area (Å²) in [4.78, 5) is 2.19. The molecule has 2 atom stereocenters. The molecule has 6 heteroatoms. The molecule has 0 spiro atoms. The number of rotatable bonds is 15. The Hall–Kier alpha value is 0.690. The summed E-state index contributed by atoms with van der Waals surface area (Å²) >= 11 is 0. The Kier molecular flexibility index (Phi) is 19.2. The number of guanidine groups is 1. The summed E-state index contributed by atoms with van der Waals surface area (Å²) in [7, 11) is 0. The molecule has 0 bridgehead atoms. The molecule has 2 fully saturated rings. The first-order valence-corrected chi connectivity index (χ1v) is 14.5. The van der Waals surface area contributed by atoms with Crippen molar-refractivity contribution in [2.75, 3.05) is 19.6 Å². The largest absolute Gasteiger partial charge is 0.370 e. The van der Waals surface area contributed by atoms with Gasteiger partial charge in [-0.1, -0.05) is 85.5 Å². The van der Waals surface area contributed by atoms with E-state index in [4.69, 9.17) is 11.1 Å². The first kappa shape index (κ1) is 35.7. The van der Waals surface area contributed by atoms with E-state index in [-0.39, 0.29) is 53.9 Å². The van der Waals surface area contributed by atoms with Gasteiger partial charge in [-0.25, -0.2) is 0 Å². The fraction of sp³-hybridized carbons (Fsp3) is 0.966. The lowest BCUT2D eigenvalue weighted by atomic mass is 9.71. The predicted octanol–water partition coefficient (Wildman–Crippen LogP) is 8.70. The van der Waals surface area contributed by atoms with E-state index in [0.717, 1.165) is 25.4 Å². The quantitative estimate of drug-likeness (QED) is 0.0688. The highest BCUT2D eigenvalue weighted by Crippen LogP contribution is 2.40. The number of hydrogen-bond acceptors (Lipinski definition) is 2. The standard InChI is InChI=1S/C29H58N4.2HI/c1-28(2)18-13-16-25(23-28)15-9-5-6-10-20-32-21-11-7-8-12-22-33(27(30)31)26-17-14-19-29(3,4)24-26;;/h25-26,32H,5-24H2,1-4H3,(H3,30,31);2*1H. The molecule has 2 rings (SSSR count). The van der Waals surface area contributed by atoms with Crippen LogP contribution in [0.4, 0.5) is 0 Å². The normalized spacial score (nSPS) is 23.1. The van der Waals surface area contributed by atoms with Crippen LogP contribution in [0.1, 0.15) is 137 Å². The van der Waals surface area contributed by atoms with Crippen molar-refractivity contribution in [3.05, 3.63) is 0 Å². The van der Waals surface area contributed by atoms with Gasteiger partial charge in [0.15, 0.2) is 5.96 Å².